The third-order valence-electron chi connectivity index (χ3n) is 3.06. The van der Waals surface area contributed by atoms with Crippen molar-refractivity contribution in [2.75, 3.05) is 26.7 Å². The Bertz CT molecular complexity index is 335. The van der Waals surface area contributed by atoms with Crippen molar-refractivity contribution >= 4 is 0 Å². The summed E-state index contributed by atoms with van der Waals surface area (Å²) in [6, 6.07) is 2.19. The number of ether oxygens (including phenoxy) is 1. The number of hydrogen-bond acceptors (Lipinski definition) is 3. The summed E-state index contributed by atoms with van der Waals surface area (Å²) in [5.74, 6) is 0. The first-order chi connectivity index (χ1) is 7.65. The van der Waals surface area contributed by atoms with Gasteiger partial charge in [0.1, 0.15) is 0 Å². The van der Waals surface area contributed by atoms with Crippen molar-refractivity contribution in [1.29, 1.82) is 0 Å². The van der Waals surface area contributed by atoms with Gasteiger partial charge in [-0.05, 0) is 25.6 Å². The first kappa shape index (κ1) is 11.6. The molecule has 0 aliphatic carbocycles. The standard InChI is InChI=1S/C12H21N3O/c1-10(13)11-3-4-15(7-11)9-12-8-14(2)5-6-16-12/h3-4,7,10,12H,5-6,8-9,13H2,1-2H3. The molecule has 2 unspecified atom stereocenters. The van der Waals surface area contributed by atoms with Crippen LogP contribution in [0.4, 0.5) is 0 Å². The number of nitrogens with two attached hydrogens (primary N) is 1. The Hall–Kier alpha value is -0.840. The van der Waals surface area contributed by atoms with Crippen LogP contribution in [0.1, 0.15) is 18.5 Å². The number of hydrogen-bond donors (Lipinski definition) is 1. The van der Waals surface area contributed by atoms with Crippen LogP contribution >= 0.6 is 0 Å². The van der Waals surface area contributed by atoms with Crippen molar-refractivity contribution < 1.29 is 4.74 Å². The monoisotopic (exact) mass is 223 g/mol. The quantitative estimate of drug-likeness (QED) is 0.825. The van der Waals surface area contributed by atoms with Crippen molar-refractivity contribution in [2.24, 2.45) is 5.73 Å². The number of nitrogens with zero attached hydrogens (tertiary/aromatic N) is 2. The third kappa shape index (κ3) is 2.84. The number of aromatic nitrogens is 1. The largest absolute Gasteiger partial charge is 0.374 e. The molecule has 0 radical (unpaired) electrons. The molecule has 2 atom stereocenters. The predicted octanol–water partition coefficient (Wildman–Crippen LogP) is 0.838. The molecular formula is C12H21N3O. The summed E-state index contributed by atoms with van der Waals surface area (Å²) in [6.07, 6.45) is 4.49. The molecule has 0 aromatic carbocycles. The smallest absolute Gasteiger partial charge is 0.0880 e. The second kappa shape index (κ2) is 4.99. The van der Waals surface area contributed by atoms with Gasteiger partial charge in [-0.1, -0.05) is 0 Å². The lowest BCUT2D eigenvalue weighted by atomic mass is 10.2. The van der Waals surface area contributed by atoms with E-state index in [1.807, 2.05) is 6.92 Å². The second-order valence-electron chi connectivity index (χ2n) is 4.69. The lowest BCUT2D eigenvalue weighted by molar-refractivity contribution is -0.0274. The fraction of sp³-hybridized carbons (Fsp3) is 0.667. The van der Waals surface area contributed by atoms with E-state index in [9.17, 15) is 0 Å². The Kier molecular flexibility index (Phi) is 3.63. The maximum Gasteiger partial charge on any atom is 0.0880 e. The van der Waals surface area contributed by atoms with E-state index in [4.69, 9.17) is 10.5 Å². The predicted molar refractivity (Wildman–Crippen MR) is 64.3 cm³/mol. The minimum atomic E-state index is 0.108. The van der Waals surface area contributed by atoms with Crippen molar-refractivity contribution in [2.45, 2.75) is 25.6 Å². The summed E-state index contributed by atoms with van der Waals surface area (Å²) < 4.78 is 7.90. The Balaban J connectivity index is 1.92. The Morgan fingerprint density at radius 3 is 3.06 bits per heavy atom. The summed E-state index contributed by atoms with van der Waals surface area (Å²) in [7, 11) is 2.14. The molecule has 2 heterocycles. The van der Waals surface area contributed by atoms with Crippen LogP contribution in [0.2, 0.25) is 0 Å². The average molecular weight is 223 g/mol. The van der Waals surface area contributed by atoms with Gasteiger partial charge in [-0.3, -0.25) is 0 Å². The highest BCUT2D eigenvalue weighted by atomic mass is 16.5. The van der Waals surface area contributed by atoms with Crippen molar-refractivity contribution in [1.82, 2.24) is 9.47 Å². The lowest BCUT2D eigenvalue weighted by Gasteiger charge is -2.30. The van der Waals surface area contributed by atoms with E-state index >= 15 is 0 Å². The summed E-state index contributed by atoms with van der Waals surface area (Å²) in [6.45, 7) is 5.79. The maximum atomic E-state index is 5.83. The summed E-state index contributed by atoms with van der Waals surface area (Å²) in [5.41, 5.74) is 7.01. The molecule has 4 heteroatoms. The summed E-state index contributed by atoms with van der Waals surface area (Å²) in [4.78, 5) is 2.31. The molecule has 1 aromatic rings. The fourth-order valence-corrected chi connectivity index (χ4v) is 2.05. The molecule has 0 bridgehead atoms. The molecule has 4 nitrogen and oxygen atoms in total. The van der Waals surface area contributed by atoms with Gasteiger partial charge >= 0.3 is 0 Å². The van der Waals surface area contributed by atoms with E-state index in [-0.39, 0.29) is 6.04 Å². The van der Waals surface area contributed by atoms with Crippen LogP contribution in [0.3, 0.4) is 0 Å². The zero-order valence-electron chi connectivity index (χ0n) is 10.1. The Labute approximate surface area is 97.0 Å². The molecule has 1 aliphatic heterocycles. The molecule has 1 fully saturated rings. The van der Waals surface area contributed by atoms with E-state index in [0.717, 1.165) is 26.2 Å². The first-order valence-electron chi connectivity index (χ1n) is 5.86. The second-order valence-corrected chi connectivity index (χ2v) is 4.69. The SMILES string of the molecule is CC(N)c1ccn(CC2CN(C)CCO2)c1. The van der Waals surface area contributed by atoms with E-state index in [0.29, 0.717) is 6.10 Å². The van der Waals surface area contributed by atoms with Crippen molar-refractivity contribution in [3.63, 3.8) is 0 Å². The van der Waals surface area contributed by atoms with Crippen LogP contribution in [-0.2, 0) is 11.3 Å². The lowest BCUT2D eigenvalue weighted by Crippen LogP contribution is -2.41. The molecule has 16 heavy (non-hydrogen) atoms. The molecule has 1 aromatic heterocycles. The highest BCUT2D eigenvalue weighted by molar-refractivity contribution is 5.13. The van der Waals surface area contributed by atoms with Crippen LogP contribution in [0.15, 0.2) is 18.5 Å². The topological polar surface area (TPSA) is 43.4 Å². The van der Waals surface area contributed by atoms with E-state index < -0.39 is 0 Å². The molecule has 2 rings (SSSR count). The molecule has 2 N–H and O–H groups in total. The van der Waals surface area contributed by atoms with Gasteiger partial charge in [0.05, 0.1) is 12.7 Å². The summed E-state index contributed by atoms with van der Waals surface area (Å²) in [5, 5.41) is 0. The minimum Gasteiger partial charge on any atom is -0.374 e. The fourth-order valence-electron chi connectivity index (χ4n) is 2.05. The summed E-state index contributed by atoms with van der Waals surface area (Å²) >= 11 is 0. The first-order valence-corrected chi connectivity index (χ1v) is 5.86. The van der Waals surface area contributed by atoms with E-state index in [1.165, 1.54) is 5.56 Å². The molecule has 90 valence electrons. The highest BCUT2D eigenvalue weighted by Crippen LogP contribution is 2.12. The Morgan fingerprint density at radius 1 is 1.62 bits per heavy atom. The van der Waals surface area contributed by atoms with Gasteiger partial charge in [0.2, 0.25) is 0 Å². The van der Waals surface area contributed by atoms with Crippen molar-refractivity contribution in [3.05, 3.63) is 24.0 Å². The zero-order chi connectivity index (χ0) is 11.5. The molecule has 1 aliphatic rings. The van der Waals surface area contributed by atoms with Gasteiger partial charge in [-0.25, -0.2) is 0 Å². The van der Waals surface area contributed by atoms with E-state index in [1.54, 1.807) is 0 Å². The Morgan fingerprint density at radius 2 is 2.44 bits per heavy atom. The van der Waals surface area contributed by atoms with Gasteiger partial charge in [0, 0.05) is 38.1 Å². The van der Waals surface area contributed by atoms with Gasteiger partial charge in [0.15, 0.2) is 0 Å². The van der Waals surface area contributed by atoms with Crippen LogP contribution in [-0.4, -0.2) is 42.3 Å². The highest BCUT2D eigenvalue weighted by Gasteiger charge is 2.17. The van der Waals surface area contributed by atoms with Crippen LogP contribution in [0.25, 0.3) is 0 Å². The number of morpholine rings is 1. The van der Waals surface area contributed by atoms with Crippen LogP contribution in [0.5, 0.6) is 0 Å². The van der Waals surface area contributed by atoms with Crippen LogP contribution < -0.4 is 5.73 Å². The minimum absolute atomic E-state index is 0.108. The maximum absolute atomic E-state index is 5.83. The molecule has 1 saturated heterocycles. The number of likely N-dealkylation sites (N-methyl/N-ethyl adjacent to an activating group) is 1. The molecular weight excluding hydrogens is 202 g/mol. The number of rotatable bonds is 3. The van der Waals surface area contributed by atoms with E-state index in [2.05, 4.69) is 35.0 Å². The normalized spacial score (nSPS) is 24.6. The van der Waals surface area contributed by atoms with Crippen molar-refractivity contribution in [3.8, 4) is 0 Å². The van der Waals surface area contributed by atoms with Gasteiger partial charge in [0.25, 0.3) is 0 Å². The van der Waals surface area contributed by atoms with Crippen LogP contribution in [0, 0.1) is 0 Å². The van der Waals surface area contributed by atoms with Gasteiger partial charge in [-0.15, -0.1) is 0 Å². The zero-order valence-corrected chi connectivity index (χ0v) is 10.1. The molecule has 0 saturated carbocycles. The van der Waals surface area contributed by atoms with Gasteiger partial charge < -0.3 is 19.9 Å². The van der Waals surface area contributed by atoms with Gasteiger partial charge in [-0.2, -0.15) is 0 Å². The molecule has 0 spiro atoms. The molecule has 0 amide bonds. The third-order valence-corrected chi connectivity index (χ3v) is 3.06. The average Bonchev–Trinajstić information content (AvgIpc) is 2.66.